The third-order valence-corrected chi connectivity index (χ3v) is 3.91. The fourth-order valence-corrected chi connectivity index (χ4v) is 2.50. The van der Waals surface area contributed by atoms with Crippen LogP contribution in [0.1, 0.15) is 19.8 Å². The van der Waals surface area contributed by atoms with Crippen LogP contribution in [-0.2, 0) is 4.74 Å². The number of anilines is 1. The van der Waals surface area contributed by atoms with Crippen molar-refractivity contribution in [3.63, 3.8) is 0 Å². The summed E-state index contributed by atoms with van der Waals surface area (Å²) >= 11 is 2.34. The van der Waals surface area contributed by atoms with Crippen molar-refractivity contribution in [3.05, 3.63) is 27.8 Å². The molecule has 0 radical (unpaired) electrons. The Bertz CT molecular complexity index is 348. The highest BCUT2D eigenvalue weighted by molar-refractivity contribution is 14.1. The fraction of sp³-hybridized carbons (Fsp3) is 0.538. The number of rotatable bonds is 3. The summed E-state index contributed by atoms with van der Waals surface area (Å²) in [6, 6.07) is 8.52. The lowest BCUT2D eigenvalue weighted by Gasteiger charge is -2.33. The van der Waals surface area contributed by atoms with Crippen LogP contribution in [0.3, 0.4) is 0 Å². The molecule has 88 valence electrons. The lowest BCUT2D eigenvalue weighted by molar-refractivity contribution is 0.0300. The third kappa shape index (κ3) is 3.35. The topological polar surface area (TPSA) is 21.3 Å². The average molecular weight is 331 g/mol. The number of ether oxygens (including phenoxy) is 1. The van der Waals surface area contributed by atoms with Gasteiger partial charge in [0.1, 0.15) is 0 Å². The monoisotopic (exact) mass is 331 g/mol. The van der Waals surface area contributed by atoms with E-state index >= 15 is 0 Å². The zero-order chi connectivity index (χ0) is 11.4. The van der Waals surface area contributed by atoms with Crippen molar-refractivity contribution in [2.24, 2.45) is 5.41 Å². The smallest absolute Gasteiger partial charge is 0.0471 e. The SMILES string of the molecule is CC1(CNc2cccc(I)c2)CCOCC1. The van der Waals surface area contributed by atoms with Gasteiger partial charge in [0.15, 0.2) is 0 Å². The average Bonchev–Trinajstić information content (AvgIpc) is 2.28. The number of hydrogen-bond acceptors (Lipinski definition) is 2. The number of nitrogens with one attached hydrogen (secondary N) is 1. The van der Waals surface area contributed by atoms with Crippen molar-refractivity contribution in [2.45, 2.75) is 19.8 Å². The molecule has 1 heterocycles. The quantitative estimate of drug-likeness (QED) is 0.856. The highest BCUT2D eigenvalue weighted by atomic mass is 127. The first-order chi connectivity index (χ1) is 7.68. The number of hydrogen-bond donors (Lipinski definition) is 1. The molecule has 0 amide bonds. The van der Waals surface area contributed by atoms with E-state index < -0.39 is 0 Å². The molecule has 3 heteroatoms. The van der Waals surface area contributed by atoms with E-state index in [-0.39, 0.29) is 0 Å². The third-order valence-electron chi connectivity index (χ3n) is 3.24. The summed E-state index contributed by atoms with van der Waals surface area (Å²) in [5.74, 6) is 0. The lowest BCUT2D eigenvalue weighted by atomic mass is 9.82. The summed E-state index contributed by atoms with van der Waals surface area (Å²) < 4.78 is 6.68. The molecule has 1 aliphatic heterocycles. The minimum Gasteiger partial charge on any atom is -0.384 e. The van der Waals surface area contributed by atoms with Crippen molar-refractivity contribution in [1.82, 2.24) is 0 Å². The molecule has 0 saturated carbocycles. The van der Waals surface area contributed by atoms with E-state index in [4.69, 9.17) is 4.74 Å². The van der Waals surface area contributed by atoms with Crippen molar-refractivity contribution < 1.29 is 4.74 Å². The van der Waals surface area contributed by atoms with Gasteiger partial charge in [-0.25, -0.2) is 0 Å². The summed E-state index contributed by atoms with van der Waals surface area (Å²) in [6.07, 6.45) is 2.31. The Kier molecular flexibility index (Phi) is 4.08. The minimum atomic E-state index is 0.388. The number of halogens is 1. The molecule has 16 heavy (non-hydrogen) atoms. The van der Waals surface area contributed by atoms with Gasteiger partial charge in [0.25, 0.3) is 0 Å². The molecule has 0 aromatic heterocycles. The van der Waals surface area contributed by atoms with Crippen molar-refractivity contribution >= 4 is 28.3 Å². The van der Waals surface area contributed by atoms with Gasteiger partial charge >= 0.3 is 0 Å². The zero-order valence-corrected chi connectivity index (χ0v) is 11.8. The molecule has 0 atom stereocenters. The Morgan fingerprint density at radius 1 is 1.38 bits per heavy atom. The second-order valence-electron chi connectivity index (χ2n) is 4.79. The maximum Gasteiger partial charge on any atom is 0.0471 e. The highest BCUT2D eigenvalue weighted by Gasteiger charge is 2.26. The molecule has 1 aromatic carbocycles. The van der Waals surface area contributed by atoms with Crippen LogP contribution in [0.4, 0.5) is 5.69 Å². The maximum absolute atomic E-state index is 5.41. The first-order valence-electron chi connectivity index (χ1n) is 5.75. The van der Waals surface area contributed by atoms with Crippen LogP contribution < -0.4 is 5.32 Å². The van der Waals surface area contributed by atoms with E-state index in [9.17, 15) is 0 Å². The Morgan fingerprint density at radius 2 is 2.12 bits per heavy atom. The van der Waals surface area contributed by atoms with E-state index in [1.54, 1.807) is 0 Å². The van der Waals surface area contributed by atoms with Crippen LogP contribution in [0.15, 0.2) is 24.3 Å². The Balaban J connectivity index is 1.91. The van der Waals surface area contributed by atoms with Gasteiger partial charge in [-0.1, -0.05) is 13.0 Å². The van der Waals surface area contributed by atoms with Crippen LogP contribution in [0.2, 0.25) is 0 Å². The maximum atomic E-state index is 5.41. The van der Waals surface area contributed by atoms with E-state index in [2.05, 4.69) is 59.1 Å². The Labute approximate surface area is 111 Å². The van der Waals surface area contributed by atoms with Gasteiger partial charge in [-0.05, 0) is 59.0 Å². The largest absolute Gasteiger partial charge is 0.384 e. The van der Waals surface area contributed by atoms with E-state index in [0.717, 1.165) is 32.6 Å². The van der Waals surface area contributed by atoms with Crippen molar-refractivity contribution in [3.8, 4) is 0 Å². The van der Waals surface area contributed by atoms with E-state index in [0.29, 0.717) is 5.41 Å². The van der Waals surface area contributed by atoms with Crippen molar-refractivity contribution in [2.75, 3.05) is 25.1 Å². The Hall–Kier alpha value is -0.290. The highest BCUT2D eigenvalue weighted by Crippen LogP contribution is 2.30. The van der Waals surface area contributed by atoms with Gasteiger partial charge in [-0.3, -0.25) is 0 Å². The van der Waals surface area contributed by atoms with Gasteiger partial charge in [-0.2, -0.15) is 0 Å². The van der Waals surface area contributed by atoms with Crippen LogP contribution in [0, 0.1) is 8.99 Å². The molecule has 1 aromatic rings. The zero-order valence-electron chi connectivity index (χ0n) is 9.63. The van der Waals surface area contributed by atoms with Gasteiger partial charge in [0.05, 0.1) is 0 Å². The first-order valence-corrected chi connectivity index (χ1v) is 6.83. The molecule has 0 spiro atoms. The van der Waals surface area contributed by atoms with Crippen molar-refractivity contribution in [1.29, 1.82) is 0 Å². The minimum absolute atomic E-state index is 0.388. The van der Waals surface area contributed by atoms with Crippen LogP contribution in [0.5, 0.6) is 0 Å². The molecule has 0 bridgehead atoms. The Morgan fingerprint density at radius 3 is 2.81 bits per heavy atom. The summed E-state index contributed by atoms with van der Waals surface area (Å²) in [7, 11) is 0. The van der Waals surface area contributed by atoms with Crippen LogP contribution >= 0.6 is 22.6 Å². The summed E-state index contributed by atoms with van der Waals surface area (Å²) in [6.45, 7) is 5.20. The van der Waals surface area contributed by atoms with Gasteiger partial charge < -0.3 is 10.1 Å². The first kappa shape index (κ1) is 12.2. The summed E-state index contributed by atoms with van der Waals surface area (Å²) in [5.41, 5.74) is 1.61. The standard InChI is InChI=1S/C13H18INO/c1-13(5-7-16-8-6-13)10-15-12-4-2-3-11(14)9-12/h2-4,9,15H,5-8,10H2,1H3. The molecule has 2 rings (SSSR count). The normalized spacial score (nSPS) is 19.4. The second kappa shape index (κ2) is 5.36. The second-order valence-corrected chi connectivity index (χ2v) is 6.03. The van der Waals surface area contributed by atoms with E-state index in [1.807, 2.05) is 0 Å². The van der Waals surface area contributed by atoms with Gasteiger partial charge in [0, 0.05) is 29.0 Å². The van der Waals surface area contributed by atoms with Crippen LogP contribution in [0.25, 0.3) is 0 Å². The molecule has 1 N–H and O–H groups in total. The predicted octanol–water partition coefficient (Wildman–Crippen LogP) is 3.52. The molecule has 1 fully saturated rings. The molecule has 1 saturated heterocycles. The van der Waals surface area contributed by atoms with Crippen LogP contribution in [-0.4, -0.2) is 19.8 Å². The van der Waals surface area contributed by atoms with E-state index in [1.165, 1.54) is 9.26 Å². The predicted molar refractivity (Wildman–Crippen MR) is 75.8 cm³/mol. The molecular weight excluding hydrogens is 313 g/mol. The lowest BCUT2D eigenvalue weighted by Crippen LogP contribution is -2.33. The van der Waals surface area contributed by atoms with Gasteiger partial charge in [-0.15, -0.1) is 0 Å². The summed E-state index contributed by atoms with van der Waals surface area (Å²) in [5, 5.41) is 3.54. The van der Waals surface area contributed by atoms with Gasteiger partial charge in [0.2, 0.25) is 0 Å². The molecule has 1 aliphatic rings. The molecule has 2 nitrogen and oxygen atoms in total. The molecule has 0 aliphatic carbocycles. The summed E-state index contributed by atoms with van der Waals surface area (Å²) in [4.78, 5) is 0. The molecule has 0 unspecified atom stereocenters. The fourth-order valence-electron chi connectivity index (χ4n) is 1.95. The molecular formula is C13H18INO. The number of benzene rings is 1.